The van der Waals surface area contributed by atoms with Gasteiger partial charge in [-0.2, -0.15) is 5.10 Å². The van der Waals surface area contributed by atoms with E-state index in [1.54, 1.807) is 16.8 Å². The second kappa shape index (κ2) is 8.67. The number of hydrogen-bond acceptors (Lipinski definition) is 5. The number of amides is 1. The highest BCUT2D eigenvalue weighted by Gasteiger charge is 2.26. The summed E-state index contributed by atoms with van der Waals surface area (Å²) in [6, 6.07) is 14.8. The maximum atomic E-state index is 13.1. The molecule has 0 unspecified atom stereocenters. The number of nitrogens with zero attached hydrogens (tertiary/aromatic N) is 3. The maximum absolute atomic E-state index is 13.1. The predicted molar refractivity (Wildman–Crippen MR) is 115 cm³/mol. The van der Waals surface area contributed by atoms with Gasteiger partial charge >= 0.3 is 0 Å². The van der Waals surface area contributed by atoms with Crippen molar-refractivity contribution < 1.29 is 9.90 Å². The molecule has 7 heteroatoms. The number of phenolic OH excluding ortho intramolecular Hbond substituents is 1. The molecule has 1 aliphatic heterocycles. The van der Waals surface area contributed by atoms with E-state index in [1.807, 2.05) is 36.4 Å². The first-order chi connectivity index (χ1) is 14.5. The van der Waals surface area contributed by atoms with Crippen LogP contribution in [0.25, 0.3) is 10.8 Å². The van der Waals surface area contributed by atoms with Gasteiger partial charge in [0.05, 0.1) is 17.6 Å². The highest BCUT2D eigenvalue weighted by molar-refractivity contribution is 5.83. The fourth-order valence-electron chi connectivity index (χ4n) is 4.22. The summed E-state index contributed by atoms with van der Waals surface area (Å²) in [5.41, 5.74) is 7.06. The van der Waals surface area contributed by atoms with Gasteiger partial charge < -0.3 is 10.8 Å². The van der Waals surface area contributed by atoms with Crippen LogP contribution in [-0.2, 0) is 17.8 Å². The zero-order valence-corrected chi connectivity index (χ0v) is 16.8. The molecule has 0 radical (unpaired) electrons. The van der Waals surface area contributed by atoms with E-state index in [9.17, 15) is 14.7 Å². The van der Waals surface area contributed by atoms with Crippen LogP contribution in [0.2, 0.25) is 0 Å². The summed E-state index contributed by atoms with van der Waals surface area (Å²) in [5, 5.41) is 15.8. The fourth-order valence-corrected chi connectivity index (χ4v) is 4.22. The largest absolute Gasteiger partial charge is 0.508 e. The van der Waals surface area contributed by atoms with Crippen molar-refractivity contribution >= 4 is 16.7 Å². The molecule has 0 saturated carbocycles. The van der Waals surface area contributed by atoms with Gasteiger partial charge in [0.25, 0.3) is 5.56 Å². The summed E-state index contributed by atoms with van der Waals surface area (Å²) in [6.45, 7) is 2.01. The van der Waals surface area contributed by atoms with Crippen molar-refractivity contribution in [3.05, 3.63) is 70.1 Å². The number of aromatic nitrogens is 2. The van der Waals surface area contributed by atoms with Crippen LogP contribution >= 0.6 is 0 Å². The first kappa shape index (κ1) is 20.1. The van der Waals surface area contributed by atoms with Crippen molar-refractivity contribution in [2.45, 2.75) is 38.3 Å². The monoisotopic (exact) mass is 406 g/mol. The minimum Gasteiger partial charge on any atom is -0.508 e. The van der Waals surface area contributed by atoms with Crippen molar-refractivity contribution in [3.63, 3.8) is 0 Å². The smallest absolute Gasteiger partial charge is 0.274 e. The Bertz CT molecular complexity index is 1110. The maximum Gasteiger partial charge on any atom is 0.274 e. The second-order valence-corrected chi connectivity index (χ2v) is 7.87. The number of fused-ring (bicyclic) bond motifs is 1. The SMILES string of the molecule is NC(=O)CCN1CCC[C@@H]1Cn1nc(Cc2ccc(O)cc2)c2ccccc2c1=O. The number of benzene rings is 2. The lowest BCUT2D eigenvalue weighted by Gasteiger charge is -2.24. The predicted octanol–water partition coefficient (Wildman–Crippen LogP) is 2.03. The molecule has 7 nitrogen and oxygen atoms in total. The molecule has 1 atom stereocenters. The van der Waals surface area contributed by atoms with E-state index in [4.69, 9.17) is 10.8 Å². The first-order valence-corrected chi connectivity index (χ1v) is 10.3. The molecule has 2 aromatic carbocycles. The molecule has 1 aromatic heterocycles. The van der Waals surface area contributed by atoms with Crippen molar-refractivity contribution in [2.75, 3.05) is 13.1 Å². The number of rotatable bonds is 7. The Hall–Kier alpha value is -3.19. The van der Waals surface area contributed by atoms with Crippen LogP contribution in [0.4, 0.5) is 0 Å². The van der Waals surface area contributed by atoms with Crippen LogP contribution in [0, 0.1) is 0 Å². The van der Waals surface area contributed by atoms with E-state index >= 15 is 0 Å². The third-order valence-electron chi connectivity index (χ3n) is 5.78. The second-order valence-electron chi connectivity index (χ2n) is 7.87. The number of aromatic hydroxyl groups is 1. The van der Waals surface area contributed by atoms with Gasteiger partial charge in [0.15, 0.2) is 0 Å². The molecule has 3 N–H and O–H groups in total. The van der Waals surface area contributed by atoms with Crippen LogP contribution < -0.4 is 11.3 Å². The van der Waals surface area contributed by atoms with E-state index in [-0.39, 0.29) is 23.3 Å². The molecule has 2 heterocycles. The number of carbonyl (C=O) groups excluding carboxylic acids is 1. The van der Waals surface area contributed by atoms with Crippen molar-refractivity contribution in [3.8, 4) is 5.75 Å². The van der Waals surface area contributed by atoms with Crippen LogP contribution in [0.3, 0.4) is 0 Å². The molecule has 156 valence electrons. The van der Waals surface area contributed by atoms with Gasteiger partial charge in [-0.3, -0.25) is 14.5 Å². The minimum atomic E-state index is -0.308. The Morgan fingerprint density at radius 3 is 2.60 bits per heavy atom. The average Bonchev–Trinajstić information content (AvgIpc) is 3.18. The third kappa shape index (κ3) is 4.36. The molecular weight excluding hydrogens is 380 g/mol. The summed E-state index contributed by atoms with van der Waals surface area (Å²) < 4.78 is 1.57. The fraction of sp³-hybridized carbons (Fsp3) is 0.348. The minimum absolute atomic E-state index is 0.0955. The number of nitrogens with two attached hydrogens (primary N) is 1. The average molecular weight is 406 g/mol. The summed E-state index contributed by atoms with van der Waals surface area (Å²) in [4.78, 5) is 26.5. The molecule has 0 aliphatic carbocycles. The Morgan fingerprint density at radius 1 is 1.13 bits per heavy atom. The van der Waals surface area contributed by atoms with E-state index in [2.05, 4.69) is 4.90 Å². The Morgan fingerprint density at radius 2 is 1.87 bits per heavy atom. The number of hydrogen-bond donors (Lipinski definition) is 2. The van der Waals surface area contributed by atoms with Gasteiger partial charge in [-0.15, -0.1) is 0 Å². The van der Waals surface area contributed by atoms with Gasteiger partial charge in [0.2, 0.25) is 5.91 Å². The molecule has 3 aromatic rings. The molecule has 1 fully saturated rings. The van der Waals surface area contributed by atoms with Gasteiger partial charge in [-0.05, 0) is 43.1 Å². The van der Waals surface area contributed by atoms with Gasteiger partial charge in [0.1, 0.15) is 5.75 Å². The van der Waals surface area contributed by atoms with Crippen molar-refractivity contribution in [2.24, 2.45) is 5.73 Å². The van der Waals surface area contributed by atoms with Gasteiger partial charge in [-0.1, -0.05) is 30.3 Å². The quantitative estimate of drug-likeness (QED) is 0.625. The summed E-state index contributed by atoms with van der Waals surface area (Å²) >= 11 is 0. The van der Waals surface area contributed by atoms with E-state index < -0.39 is 0 Å². The molecule has 1 aliphatic rings. The van der Waals surface area contributed by atoms with Crippen LogP contribution in [-0.4, -0.2) is 44.8 Å². The lowest BCUT2D eigenvalue weighted by atomic mass is 10.0. The number of phenols is 1. The number of likely N-dealkylation sites (tertiary alicyclic amines) is 1. The zero-order chi connectivity index (χ0) is 21.1. The Labute approximate surface area is 174 Å². The normalized spacial score (nSPS) is 16.9. The van der Waals surface area contributed by atoms with Crippen LogP contribution in [0.1, 0.15) is 30.5 Å². The van der Waals surface area contributed by atoms with Gasteiger partial charge in [-0.25, -0.2) is 4.68 Å². The lowest BCUT2D eigenvalue weighted by molar-refractivity contribution is -0.118. The number of primary amides is 1. The van der Waals surface area contributed by atoms with E-state index in [0.717, 1.165) is 36.0 Å². The summed E-state index contributed by atoms with van der Waals surface area (Å²) in [7, 11) is 0. The van der Waals surface area contributed by atoms with Crippen LogP contribution in [0.15, 0.2) is 53.3 Å². The first-order valence-electron chi connectivity index (χ1n) is 10.3. The zero-order valence-electron chi connectivity index (χ0n) is 16.8. The molecule has 0 bridgehead atoms. The molecule has 1 amide bonds. The highest BCUT2D eigenvalue weighted by Crippen LogP contribution is 2.21. The molecule has 0 spiro atoms. The Kier molecular flexibility index (Phi) is 5.81. The molecule has 1 saturated heterocycles. The van der Waals surface area contributed by atoms with Crippen molar-refractivity contribution in [1.82, 2.24) is 14.7 Å². The summed E-state index contributed by atoms with van der Waals surface area (Å²) in [6.07, 6.45) is 2.89. The highest BCUT2D eigenvalue weighted by atomic mass is 16.3. The Balaban J connectivity index is 1.66. The standard InChI is InChI=1S/C23H26N4O3/c24-22(29)11-13-26-12-3-4-17(26)15-27-23(30)20-6-2-1-5-19(20)21(25-27)14-16-7-9-18(28)10-8-16/h1-2,5-10,17,28H,3-4,11-15H2,(H2,24,29)/t17-/m1/s1. The molecule has 4 rings (SSSR count). The molecular formula is C23H26N4O3. The van der Waals surface area contributed by atoms with E-state index in [1.165, 1.54) is 0 Å². The van der Waals surface area contributed by atoms with Crippen LogP contribution in [0.5, 0.6) is 5.75 Å². The number of carbonyl (C=O) groups is 1. The topological polar surface area (TPSA) is 101 Å². The van der Waals surface area contributed by atoms with Crippen molar-refractivity contribution in [1.29, 1.82) is 0 Å². The molecule has 30 heavy (non-hydrogen) atoms. The third-order valence-corrected chi connectivity index (χ3v) is 5.78. The summed E-state index contributed by atoms with van der Waals surface area (Å²) in [5.74, 6) is -0.0864. The lowest BCUT2D eigenvalue weighted by Crippen LogP contribution is -2.39. The van der Waals surface area contributed by atoms with Gasteiger partial charge in [0, 0.05) is 30.8 Å². The van der Waals surface area contributed by atoms with E-state index in [0.29, 0.717) is 31.3 Å².